The summed E-state index contributed by atoms with van der Waals surface area (Å²) in [5, 5.41) is 0. The molecule has 0 aromatic heterocycles. The van der Waals surface area contributed by atoms with Crippen LogP contribution in [0.2, 0.25) is 0 Å². The third-order valence-corrected chi connectivity index (χ3v) is 3.45. The van der Waals surface area contributed by atoms with Gasteiger partial charge >= 0.3 is 0 Å². The van der Waals surface area contributed by atoms with Crippen LogP contribution in [0.25, 0.3) is 0 Å². The van der Waals surface area contributed by atoms with Gasteiger partial charge in [0.2, 0.25) is 0 Å². The summed E-state index contributed by atoms with van der Waals surface area (Å²) >= 11 is 0. The third-order valence-electron chi connectivity index (χ3n) is 3.45. The van der Waals surface area contributed by atoms with Crippen molar-refractivity contribution in [1.82, 2.24) is 0 Å². The lowest BCUT2D eigenvalue weighted by atomic mass is 9.92. The number of nitrogens with zero attached hydrogens (tertiary/aromatic N) is 1. The molecule has 0 saturated heterocycles. The fourth-order valence-electron chi connectivity index (χ4n) is 2.36. The van der Waals surface area contributed by atoms with Crippen LogP contribution in [0.3, 0.4) is 0 Å². The molecule has 3 aromatic carbocycles. The topological polar surface area (TPSA) is 12.4 Å². The summed E-state index contributed by atoms with van der Waals surface area (Å²) in [5.74, 6) is 0.174. The van der Waals surface area contributed by atoms with Gasteiger partial charge in [-0.05, 0) is 23.3 Å². The van der Waals surface area contributed by atoms with Gasteiger partial charge in [0.25, 0.3) is 0 Å². The fourth-order valence-corrected chi connectivity index (χ4v) is 2.36. The highest BCUT2D eigenvalue weighted by Gasteiger charge is 2.10. The molecule has 0 aliphatic rings. The maximum absolute atomic E-state index is 4.63. The van der Waals surface area contributed by atoms with Gasteiger partial charge in [-0.15, -0.1) is 0 Å². The van der Waals surface area contributed by atoms with E-state index in [-0.39, 0.29) is 5.92 Å². The molecule has 1 nitrogen and oxygen atoms in total. The lowest BCUT2D eigenvalue weighted by Crippen LogP contribution is -2.02. The second-order valence-corrected chi connectivity index (χ2v) is 4.91. The molecule has 0 unspecified atom stereocenters. The summed E-state index contributed by atoms with van der Waals surface area (Å²) in [6, 6.07) is 31.0. The zero-order valence-corrected chi connectivity index (χ0v) is 11.8. The molecule has 3 aromatic rings. The highest BCUT2D eigenvalue weighted by Crippen LogP contribution is 2.23. The molecule has 21 heavy (non-hydrogen) atoms. The van der Waals surface area contributed by atoms with Crippen molar-refractivity contribution in [1.29, 1.82) is 0 Å². The van der Waals surface area contributed by atoms with E-state index in [9.17, 15) is 0 Å². The molecule has 0 aliphatic heterocycles. The van der Waals surface area contributed by atoms with E-state index in [1.54, 1.807) is 0 Å². The van der Waals surface area contributed by atoms with Crippen molar-refractivity contribution in [2.75, 3.05) is 0 Å². The lowest BCUT2D eigenvalue weighted by Gasteiger charge is -2.13. The lowest BCUT2D eigenvalue weighted by molar-refractivity contribution is 1.10. The molecule has 3 rings (SSSR count). The highest BCUT2D eigenvalue weighted by molar-refractivity contribution is 5.75. The van der Waals surface area contributed by atoms with Crippen molar-refractivity contribution in [2.24, 2.45) is 4.99 Å². The minimum absolute atomic E-state index is 0.174. The number of rotatable bonds is 4. The quantitative estimate of drug-likeness (QED) is 0.577. The van der Waals surface area contributed by atoms with E-state index in [1.165, 1.54) is 11.1 Å². The van der Waals surface area contributed by atoms with Crippen LogP contribution in [0.4, 0.5) is 5.69 Å². The van der Waals surface area contributed by atoms with Gasteiger partial charge in [0.15, 0.2) is 0 Å². The first-order valence-corrected chi connectivity index (χ1v) is 7.12. The first-order valence-electron chi connectivity index (χ1n) is 7.12. The van der Waals surface area contributed by atoms with Crippen molar-refractivity contribution < 1.29 is 0 Å². The van der Waals surface area contributed by atoms with E-state index in [0.29, 0.717) is 0 Å². The van der Waals surface area contributed by atoms with Crippen LogP contribution in [-0.4, -0.2) is 6.21 Å². The maximum atomic E-state index is 4.63. The fraction of sp³-hybridized carbons (Fsp3) is 0.0500. The molecule has 102 valence electrons. The summed E-state index contributed by atoms with van der Waals surface area (Å²) in [7, 11) is 0. The standard InChI is InChI=1S/C20H17N/c1-4-10-17(11-5-1)20(18-12-6-2-7-13-18)16-21-19-14-8-3-9-15-19/h1-16,20H/b21-16+. The predicted octanol–water partition coefficient (Wildman–Crippen LogP) is 5.22. The van der Waals surface area contributed by atoms with Gasteiger partial charge < -0.3 is 0 Å². The molecule has 0 spiro atoms. The minimum atomic E-state index is 0.174. The van der Waals surface area contributed by atoms with Gasteiger partial charge in [-0.3, -0.25) is 4.99 Å². The second-order valence-electron chi connectivity index (χ2n) is 4.91. The van der Waals surface area contributed by atoms with Gasteiger partial charge in [-0.25, -0.2) is 0 Å². The van der Waals surface area contributed by atoms with E-state index in [0.717, 1.165) is 5.69 Å². The average molecular weight is 271 g/mol. The second kappa shape index (κ2) is 6.67. The summed E-state index contributed by atoms with van der Waals surface area (Å²) in [6.45, 7) is 0. The zero-order chi connectivity index (χ0) is 14.3. The normalized spacial score (nSPS) is 11.1. The molecule has 0 atom stereocenters. The summed E-state index contributed by atoms with van der Waals surface area (Å²) in [6.07, 6.45) is 2.03. The van der Waals surface area contributed by atoms with E-state index >= 15 is 0 Å². The molecule has 0 amide bonds. The first kappa shape index (κ1) is 13.3. The molecular weight excluding hydrogens is 254 g/mol. The largest absolute Gasteiger partial charge is 0.260 e. The first-order chi connectivity index (χ1) is 10.4. The SMILES string of the molecule is C(=N\c1ccccc1)/C(c1ccccc1)c1ccccc1. The van der Waals surface area contributed by atoms with Crippen LogP contribution in [0, 0.1) is 0 Å². The van der Waals surface area contributed by atoms with Crippen molar-refractivity contribution in [3.63, 3.8) is 0 Å². The average Bonchev–Trinajstić information content (AvgIpc) is 2.58. The molecule has 1 heteroatoms. The molecular formula is C20H17N. The Morgan fingerprint density at radius 2 is 1.00 bits per heavy atom. The zero-order valence-electron chi connectivity index (χ0n) is 11.8. The van der Waals surface area contributed by atoms with Gasteiger partial charge in [-0.2, -0.15) is 0 Å². The summed E-state index contributed by atoms with van der Waals surface area (Å²) in [5.41, 5.74) is 3.49. The maximum Gasteiger partial charge on any atom is 0.0626 e. The summed E-state index contributed by atoms with van der Waals surface area (Å²) in [4.78, 5) is 4.63. The molecule has 0 fully saturated rings. The number of hydrogen-bond donors (Lipinski definition) is 0. The van der Waals surface area contributed by atoms with Gasteiger partial charge in [0, 0.05) is 12.1 Å². The Kier molecular flexibility index (Phi) is 4.23. The van der Waals surface area contributed by atoms with Crippen LogP contribution >= 0.6 is 0 Å². The smallest absolute Gasteiger partial charge is 0.0626 e. The Bertz CT molecular complexity index is 648. The molecule has 0 saturated carbocycles. The summed E-state index contributed by atoms with van der Waals surface area (Å²) < 4.78 is 0. The van der Waals surface area contributed by atoms with Gasteiger partial charge in [0.05, 0.1) is 5.69 Å². The van der Waals surface area contributed by atoms with Crippen LogP contribution in [-0.2, 0) is 0 Å². The number of aliphatic imine (C=N–C) groups is 1. The van der Waals surface area contributed by atoms with Crippen molar-refractivity contribution in [2.45, 2.75) is 5.92 Å². The van der Waals surface area contributed by atoms with Crippen molar-refractivity contribution in [3.05, 3.63) is 102 Å². The highest BCUT2D eigenvalue weighted by atomic mass is 14.7. The Morgan fingerprint density at radius 3 is 1.48 bits per heavy atom. The van der Waals surface area contributed by atoms with E-state index < -0.39 is 0 Å². The van der Waals surface area contributed by atoms with Crippen molar-refractivity contribution >= 4 is 11.9 Å². The van der Waals surface area contributed by atoms with E-state index in [1.807, 2.05) is 48.7 Å². The molecule has 0 bridgehead atoms. The molecule has 0 aliphatic carbocycles. The predicted molar refractivity (Wildman–Crippen MR) is 89.3 cm³/mol. The molecule has 0 heterocycles. The van der Waals surface area contributed by atoms with E-state index in [2.05, 4.69) is 53.5 Å². The Balaban J connectivity index is 1.96. The van der Waals surface area contributed by atoms with Crippen LogP contribution in [0.15, 0.2) is 96.0 Å². The molecule has 0 N–H and O–H groups in total. The molecule has 0 radical (unpaired) electrons. The van der Waals surface area contributed by atoms with Crippen LogP contribution < -0.4 is 0 Å². The number of para-hydroxylation sites is 1. The Hall–Kier alpha value is -2.67. The number of benzene rings is 3. The van der Waals surface area contributed by atoms with Gasteiger partial charge in [0.1, 0.15) is 0 Å². The monoisotopic (exact) mass is 271 g/mol. The third kappa shape index (κ3) is 3.46. The van der Waals surface area contributed by atoms with Gasteiger partial charge in [-0.1, -0.05) is 78.9 Å². The van der Waals surface area contributed by atoms with E-state index in [4.69, 9.17) is 0 Å². The van der Waals surface area contributed by atoms with Crippen LogP contribution in [0.1, 0.15) is 17.0 Å². The minimum Gasteiger partial charge on any atom is -0.260 e. The van der Waals surface area contributed by atoms with Crippen LogP contribution in [0.5, 0.6) is 0 Å². The van der Waals surface area contributed by atoms with Crippen molar-refractivity contribution in [3.8, 4) is 0 Å². The Morgan fingerprint density at radius 1 is 0.571 bits per heavy atom. The Labute approximate surface area is 125 Å². The number of hydrogen-bond acceptors (Lipinski definition) is 1.